The maximum Gasteiger partial charge on any atom is 0.341 e. The molecule has 5 nitrogen and oxygen atoms in total. The zero-order chi connectivity index (χ0) is 12.3. The minimum Gasteiger partial charge on any atom is -0.482 e. The van der Waals surface area contributed by atoms with Crippen molar-refractivity contribution in [3.63, 3.8) is 0 Å². The Morgan fingerprint density at radius 3 is 3.06 bits per heavy atom. The van der Waals surface area contributed by atoms with Crippen LogP contribution >= 0.6 is 0 Å². The van der Waals surface area contributed by atoms with Crippen LogP contribution in [0.4, 0.5) is 0 Å². The lowest BCUT2D eigenvalue weighted by atomic mass is 10.0. The van der Waals surface area contributed by atoms with Crippen molar-refractivity contribution in [3.05, 3.63) is 29.3 Å². The summed E-state index contributed by atoms with van der Waals surface area (Å²) in [5.74, 6) is -0.758. The quantitative estimate of drug-likeness (QED) is 0.813. The fourth-order valence-corrected chi connectivity index (χ4v) is 1.80. The van der Waals surface area contributed by atoms with Crippen molar-refractivity contribution in [3.8, 4) is 5.75 Å². The first-order chi connectivity index (χ1) is 8.16. The van der Waals surface area contributed by atoms with E-state index < -0.39 is 12.6 Å². The first-order valence-corrected chi connectivity index (χ1v) is 5.42. The van der Waals surface area contributed by atoms with Crippen molar-refractivity contribution in [2.45, 2.75) is 12.8 Å². The van der Waals surface area contributed by atoms with Crippen LogP contribution in [0.25, 0.3) is 0 Å². The number of aliphatic carboxylic acids is 1. The molecule has 1 aliphatic rings. The summed E-state index contributed by atoms with van der Waals surface area (Å²) in [4.78, 5) is 22.1. The number of aryl methyl sites for hydroxylation is 1. The molecule has 2 N–H and O–H groups in total. The van der Waals surface area contributed by atoms with E-state index in [2.05, 4.69) is 5.32 Å². The summed E-state index contributed by atoms with van der Waals surface area (Å²) in [6, 6.07) is 5.11. The lowest BCUT2D eigenvalue weighted by Crippen LogP contribution is -2.22. The van der Waals surface area contributed by atoms with Gasteiger partial charge in [-0.2, -0.15) is 0 Å². The molecule has 1 heterocycles. The maximum absolute atomic E-state index is 11.7. The third-order valence-electron chi connectivity index (χ3n) is 2.60. The molecule has 0 aliphatic carbocycles. The Kier molecular flexibility index (Phi) is 3.27. The Hall–Kier alpha value is -2.04. The smallest absolute Gasteiger partial charge is 0.341 e. The first-order valence-electron chi connectivity index (χ1n) is 5.42. The SMILES string of the molecule is O=C(O)COc1ccc2c(c1)C(=O)NCCC2. The fraction of sp³-hybridized carbons (Fsp3) is 0.333. The predicted molar refractivity (Wildman–Crippen MR) is 60.2 cm³/mol. The molecule has 0 saturated carbocycles. The van der Waals surface area contributed by atoms with Crippen molar-refractivity contribution in [1.29, 1.82) is 0 Å². The van der Waals surface area contributed by atoms with Crippen LogP contribution in [0.3, 0.4) is 0 Å². The normalized spacial score (nSPS) is 14.5. The number of fused-ring (bicyclic) bond motifs is 1. The molecule has 2 rings (SSSR count). The number of nitrogens with one attached hydrogen (secondary N) is 1. The largest absolute Gasteiger partial charge is 0.482 e. The van der Waals surface area contributed by atoms with Gasteiger partial charge < -0.3 is 15.2 Å². The molecular formula is C12H13NO4. The highest BCUT2D eigenvalue weighted by atomic mass is 16.5. The number of carbonyl (C=O) groups excluding carboxylic acids is 1. The number of benzene rings is 1. The number of rotatable bonds is 3. The first kappa shape index (κ1) is 11.4. The molecule has 1 amide bonds. The lowest BCUT2D eigenvalue weighted by Gasteiger charge is -2.08. The Balaban J connectivity index is 2.22. The van der Waals surface area contributed by atoms with E-state index >= 15 is 0 Å². The van der Waals surface area contributed by atoms with Gasteiger partial charge in [0.2, 0.25) is 0 Å². The Labute approximate surface area is 98.4 Å². The topological polar surface area (TPSA) is 75.6 Å². The zero-order valence-corrected chi connectivity index (χ0v) is 9.23. The van der Waals surface area contributed by atoms with Gasteiger partial charge in [-0.15, -0.1) is 0 Å². The molecule has 0 saturated heterocycles. The van der Waals surface area contributed by atoms with Gasteiger partial charge >= 0.3 is 5.97 Å². The molecule has 1 aromatic carbocycles. The van der Waals surface area contributed by atoms with Gasteiger partial charge in [-0.05, 0) is 30.5 Å². The van der Waals surface area contributed by atoms with Crippen LogP contribution in [-0.2, 0) is 11.2 Å². The molecule has 0 bridgehead atoms. The molecule has 1 aliphatic heterocycles. The highest BCUT2D eigenvalue weighted by Gasteiger charge is 2.15. The van der Waals surface area contributed by atoms with Gasteiger partial charge in [0, 0.05) is 12.1 Å². The number of hydrogen-bond donors (Lipinski definition) is 2. The summed E-state index contributed by atoms with van der Waals surface area (Å²) >= 11 is 0. The molecule has 17 heavy (non-hydrogen) atoms. The number of hydrogen-bond acceptors (Lipinski definition) is 3. The van der Waals surface area contributed by atoms with Gasteiger partial charge in [0.25, 0.3) is 5.91 Å². The minimum absolute atomic E-state index is 0.127. The van der Waals surface area contributed by atoms with Crippen molar-refractivity contribution in [1.82, 2.24) is 5.32 Å². The maximum atomic E-state index is 11.7. The average Bonchev–Trinajstić information content (AvgIpc) is 2.49. The third-order valence-corrected chi connectivity index (χ3v) is 2.60. The number of carbonyl (C=O) groups is 2. The molecule has 5 heteroatoms. The van der Waals surface area contributed by atoms with Crippen LogP contribution in [0, 0.1) is 0 Å². The summed E-state index contributed by atoms with van der Waals surface area (Å²) in [6.45, 7) is 0.263. The van der Waals surface area contributed by atoms with E-state index in [1.165, 1.54) is 0 Å². The van der Waals surface area contributed by atoms with E-state index in [1.54, 1.807) is 12.1 Å². The van der Waals surface area contributed by atoms with Crippen LogP contribution in [-0.4, -0.2) is 30.1 Å². The predicted octanol–water partition coefficient (Wildman–Crippen LogP) is 0.826. The van der Waals surface area contributed by atoms with Crippen LogP contribution in [0.15, 0.2) is 18.2 Å². The molecule has 0 aromatic heterocycles. The molecule has 0 fully saturated rings. The van der Waals surface area contributed by atoms with Gasteiger partial charge in [0.15, 0.2) is 6.61 Å². The average molecular weight is 235 g/mol. The number of ether oxygens (including phenoxy) is 1. The molecule has 0 atom stereocenters. The van der Waals surface area contributed by atoms with E-state index in [4.69, 9.17) is 9.84 Å². The molecule has 1 aromatic rings. The van der Waals surface area contributed by atoms with Gasteiger partial charge in [0.05, 0.1) is 0 Å². The van der Waals surface area contributed by atoms with Gasteiger partial charge in [0.1, 0.15) is 5.75 Å². The van der Waals surface area contributed by atoms with Crippen molar-refractivity contribution in [2.24, 2.45) is 0 Å². The second-order valence-corrected chi connectivity index (χ2v) is 3.86. The highest BCUT2D eigenvalue weighted by Crippen LogP contribution is 2.20. The molecule has 0 spiro atoms. The molecule has 0 radical (unpaired) electrons. The van der Waals surface area contributed by atoms with Crippen LogP contribution in [0.5, 0.6) is 5.75 Å². The second kappa shape index (κ2) is 4.86. The summed E-state index contributed by atoms with van der Waals surface area (Å²) in [5.41, 5.74) is 1.55. The zero-order valence-electron chi connectivity index (χ0n) is 9.23. The lowest BCUT2D eigenvalue weighted by molar-refractivity contribution is -0.139. The van der Waals surface area contributed by atoms with E-state index in [-0.39, 0.29) is 5.91 Å². The van der Waals surface area contributed by atoms with Gasteiger partial charge in [-0.3, -0.25) is 4.79 Å². The molecular weight excluding hydrogens is 222 g/mol. The fourth-order valence-electron chi connectivity index (χ4n) is 1.80. The van der Waals surface area contributed by atoms with E-state index in [9.17, 15) is 9.59 Å². The van der Waals surface area contributed by atoms with E-state index in [1.807, 2.05) is 6.07 Å². The number of amides is 1. The summed E-state index contributed by atoms with van der Waals surface area (Å²) < 4.78 is 5.04. The van der Waals surface area contributed by atoms with Crippen molar-refractivity contribution >= 4 is 11.9 Å². The monoisotopic (exact) mass is 235 g/mol. The van der Waals surface area contributed by atoms with Crippen LogP contribution in [0.1, 0.15) is 22.3 Å². The van der Waals surface area contributed by atoms with Crippen molar-refractivity contribution in [2.75, 3.05) is 13.2 Å². The minimum atomic E-state index is -1.04. The second-order valence-electron chi connectivity index (χ2n) is 3.86. The van der Waals surface area contributed by atoms with Gasteiger partial charge in [-0.1, -0.05) is 6.07 Å². The molecule has 0 unspecified atom stereocenters. The van der Waals surface area contributed by atoms with Crippen LogP contribution < -0.4 is 10.1 Å². The van der Waals surface area contributed by atoms with E-state index in [0.717, 1.165) is 18.4 Å². The number of carboxylic acid groups (broad SMARTS) is 1. The Morgan fingerprint density at radius 2 is 2.29 bits per heavy atom. The molecule has 90 valence electrons. The highest BCUT2D eigenvalue weighted by molar-refractivity contribution is 5.96. The van der Waals surface area contributed by atoms with Crippen LogP contribution in [0.2, 0.25) is 0 Å². The number of carboxylic acids is 1. The standard InChI is InChI=1S/C12H13NO4/c14-11(15)7-17-9-4-3-8-2-1-5-13-12(16)10(8)6-9/h3-4,6H,1-2,5,7H2,(H,13,16)(H,14,15). The Morgan fingerprint density at radius 1 is 1.47 bits per heavy atom. The summed E-state index contributed by atoms with van der Waals surface area (Å²) in [5, 5.41) is 11.3. The third kappa shape index (κ3) is 2.75. The van der Waals surface area contributed by atoms with Crippen molar-refractivity contribution < 1.29 is 19.4 Å². The van der Waals surface area contributed by atoms with E-state index in [0.29, 0.717) is 17.9 Å². The summed E-state index contributed by atoms with van der Waals surface area (Å²) in [6.07, 6.45) is 1.75. The Bertz CT molecular complexity index is 456. The summed E-state index contributed by atoms with van der Waals surface area (Å²) in [7, 11) is 0. The van der Waals surface area contributed by atoms with Gasteiger partial charge in [-0.25, -0.2) is 4.79 Å².